The van der Waals surface area contributed by atoms with Crippen LogP contribution in [0.15, 0.2) is 24.3 Å². The Morgan fingerprint density at radius 3 is 1.48 bits per heavy atom. The molecule has 6 unspecified atom stereocenters. The van der Waals surface area contributed by atoms with E-state index in [2.05, 4.69) is 42.3 Å². The molecule has 0 aromatic carbocycles. The summed E-state index contributed by atoms with van der Waals surface area (Å²) in [7, 11) is -5.06. The minimum absolute atomic E-state index is 0.0362. The van der Waals surface area contributed by atoms with Crippen LogP contribution in [0.1, 0.15) is 239 Å². The van der Waals surface area contributed by atoms with Crippen molar-refractivity contribution in [2.75, 3.05) is 26.4 Å². The fourth-order valence-electron chi connectivity index (χ4n) is 8.29. The molecule has 0 saturated carbocycles. The highest BCUT2D eigenvalue weighted by molar-refractivity contribution is 7.80. The van der Waals surface area contributed by atoms with Crippen molar-refractivity contribution in [2.24, 2.45) is 0 Å². The number of rotatable bonds is 47. The maximum absolute atomic E-state index is 12.9. The van der Waals surface area contributed by atoms with Crippen molar-refractivity contribution in [1.82, 2.24) is 0 Å². The van der Waals surface area contributed by atoms with Crippen LogP contribution in [0.3, 0.4) is 0 Å². The summed E-state index contributed by atoms with van der Waals surface area (Å²) >= 11 is 0. The molecule has 0 spiro atoms. The first-order chi connectivity index (χ1) is 31.6. The summed E-state index contributed by atoms with van der Waals surface area (Å²) in [6, 6.07) is 0. The van der Waals surface area contributed by atoms with Crippen molar-refractivity contribution < 1.29 is 56.2 Å². The van der Waals surface area contributed by atoms with Crippen LogP contribution in [0, 0.1) is 0 Å². The third-order valence-electron chi connectivity index (χ3n) is 12.3. The molecule has 1 aliphatic heterocycles. The Morgan fingerprint density at radius 1 is 0.585 bits per heavy atom. The van der Waals surface area contributed by atoms with Crippen molar-refractivity contribution in [3.8, 4) is 0 Å². The topological polar surface area (TPSA) is 178 Å². The number of aliphatic hydroxyl groups is 3. The molecule has 0 amide bonds. The summed E-state index contributed by atoms with van der Waals surface area (Å²) in [5.74, 6) is -0.396. The second-order valence-electron chi connectivity index (χ2n) is 18.5. The largest absolute Gasteiger partial charge is 0.457 e. The third kappa shape index (κ3) is 37.2. The van der Waals surface area contributed by atoms with Crippen LogP contribution >= 0.6 is 0 Å². The lowest BCUT2D eigenvalue weighted by molar-refractivity contribution is -0.301. The van der Waals surface area contributed by atoms with Gasteiger partial charge in [0.25, 0.3) is 0 Å². The van der Waals surface area contributed by atoms with Gasteiger partial charge in [-0.3, -0.25) is 9.35 Å². The summed E-state index contributed by atoms with van der Waals surface area (Å²) in [5.41, 5.74) is 0. The molecule has 1 rings (SSSR count). The Bertz CT molecular complexity index is 1230. The van der Waals surface area contributed by atoms with E-state index in [1.807, 2.05) is 0 Å². The van der Waals surface area contributed by atoms with Crippen molar-refractivity contribution in [3.63, 3.8) is 0 Å². The molecule has 4 N–H and O–H groups in total. The zero-order chi connectivity index (χ0) is 47.5. The summed E-state index contributed by atoms with van der Waals surface area (Å²) in [5, 5.41) is 30.8. The Morgan fingerprint density at radius 2 is 1.02 bits per heavy atom. The highest BCUT2D eigenvalue weighted by Crippen LogP contribution is 2.26. The SMILES string of the molecule is CCCCCC/C=C\C/C=C\CCCCCCCCCCOCC(COC1OC(CO)C(O)C(OS(=O)(=O)O)C1O)OC(=O)CCCCCCCCCCCCCCCCCCCCC. The molecule has 1 heterocycles. The summed E-state index contributed by atoms with van der Waals surface area (Å²) in [4.78, 5) is 12.9. The predicted octanol–water partition coefficient (Wildman–Crippen LogP) is 12.4. The van der Waals surface area contributed by atoms with Crippen molar-refractivity contribution >= 4 is 16.4 Å². The Labute approximate surface area is 397 Å². The molecule has 1 fully saturated rings. The zero-order valence-electron chi connectivity index (χ0n) is 41.3. The number of unbranched alkanes of at least 4 members (excludes halogenated alkanes) is 30. The lowest BCUT2D eigenvalue weighted by atomic mass is 9.99. The van der Waals surface area contributed by atoms with Crippen molar-refractivity contribution in [2.45, 2.75) is 275 Å². The van der Waals surface area contributed by atoms with Gasteiger partial charge < -0.3 is 34.3 Å². The van der Waals surface area contributed by atoms with E-state index in [4.69, 9.17) is 18.9 Å². The standard InChI is InChI=1S/C52H98O12S/c1-3-5-7-9-11-13-15-17-19-21-23-25-27-29-31-33-35-37-39-41-48(54)62-46(45-61-52-50(56)51(64-65(57,58)59)49(55)47(43-53)63-52)44-60-42-40-38-36-34-32-30-28-26-24-22-20-18-16-14-12-10-8-6-4-2/h14,16,20,22,46-47,49-53,55-56H,3-13,15,17-19,21,23-45H2,1-2H3,(H,57,58,59)/b16-14-,22-20-. The number of hydrogen-bond acceptors (Lipinski definition) is 11. The summed E-state index contributed by atoms with van der Waals surface area (Å²) in [6.45, 7) is 4.01. The maximum atomic E-state index is 12.9. The van der Waals surface area contributed by atoms with Crippen LogP contribution in [-0.2, 0) is 38.3 Å². The van der Waals surface area contributed by atoms with Crippen molar-refractivity contribution in [1.29, 1.82) is 0 Å². The quantitative estimate of drug-likeness (QED) is 0.0197. The second kappa shape index (κ2) is 43.8. The molecular formula is C52H98O12S. The van der Waals surface area contributed by atoms with Crippen LogP contribution in [0.4, 0.5) is 0 Å². The highest BCUT2D eigenvalue weighted by atomic mass is 32.3. The number of carbonyl (C=O) groups excluding carboxylic acids is 1. The van der Waals surface area contributed by atoms with E-state index in [0.29, 0.717) is 13.0 Å². The predicted molar refractivity (Wildman–Crippen MR) is 262 cm³/mol. The van der Waals surface area contributed by atoms with E-state index in [9.17, 15) is 33.1 Å². The smallest absolute Gasteiger partial charge is 0.397 e. The fraction of sp³-hybridized carbons (Fsp3) is 0.904. The molecular weight excluding hydrogens is 849 g/mol. The number of allylic oxidation sites excluding steroid dienone is 4. The van der Waals surface area contributed by atoms with Crippen LogP contribution < -0.4 is 0 Å². The molecule has 1 aliphatic rings. The van der Waals surface area contributed by atoms with Gasteiger partial charge >= 0.3 is 16.4 Å². The third-order valence-corrected chi connectivity index (χ3v) is 12.8. The fourth-order valence-corrected chi connectivity index (χ4v) is 8.80. The van der Waals surface area contributed by atoms with Gasteiger partial charge in [0.1, 0.15) is 30.5 Å². The lowest BCUT2D eigenvalue weighted by Gasteiger charge is -2.41. The Balaban J connectivity index is 2.34. The molecule has 12 nitrogen and oxygen atoms in total. The van der Waals surface area contributed by atoms with Crippen molar-refractivity contribution in [3.05, 3.63) is 24.3 Å². The molecule has 0 aliphatic carbocycles. The molecule has 65 heavy (non-hydrogen) atoms. The minimum Gasteiger partial charge on any atom is -0.457 e. The zero-order valence-corrected chi connectivity index (χ0v) is 42.1. The average Bonchev–Trinajstić information content (AvgIpc) is 3.28. The Hall–Kier alpha value is -1.42. The highest BCUT2D eigenvalue weighted by Gasteiger charge is 2.48. The maximum Gasteiger partial charge on any atom is 0.397 e. The molecule has 6 atom stereocenters. The molecule has 0 radical (unpaired) electrons. The molecule has 13 heteroatoms. The molecule has 0 aromatic rings. The molecule has 0 aromatic heterocycles. The van der Waals surface area contributed by atoms with Gasteiger partial charge in [0.05, 0.1) is 19.8 Å². The van der Waals surface area contributed by atoms with Gasteiger partial charge in [0.15, 0.2) is 6.29 Å². The average molecular weight is 947 g/mol. The van der Waals surface area contributed by atoms with Gasteiger partial charge in [0.2, 0.25) is 0 Å². The van der Waals surface area contributed by atoms with Crippen LogP contribution in [0.2, 0.25) is 0 Å². The summed E-state index contributed by atoms with van der Waals surface area (Å²) in [6.07, 6.45) is 42.0. The Kier molecular flexibility index (Phi) is 41.5. The number of aliphatic hydroxyl groups excluding tert-OH is 3. The normalized spacial score (nSPS) is 19.8. The first-order valence-electron chi connectivity index (χ1n) is 26.6. The van der Waals surface area contributed by atoms with Gasteiger partial charge in [-0.05, 0) is 44.9 Å². The van der Waals surface area contributed by atoms with Gasteiger partial charge in [0, 0.05) is 13.0 Å². The van der Waals surface area contributed by atoms with E-state index in [1.165, 1.54) is 161 Å². The monoisotopic (exact) mass is 947 g/mol. The minimum atomic E-state index is -5.06. The van der Waals surface area contributed by atoms with E-state index >= 15 is 0 Å². The first kappa shape index (κ1) is 61.6. The number of carbonyl (C=O) groups is 1. The second-order valence-corrected chi connectivity index (χ2v) is 19.5. The molecule has 384 valence electrons. The van der Waals surface area contributed by atoms with E-state index in [-0.39, 0.29) is 19.6 Å². The van der Waals surface area contributed by atoms with Gasteiger partial charge in [-0.2, -0.15) is 8.42 Å². The number of hydrogen-bond donors (Lipinski definition) is 4. The van der Waals surface area contributed by atoms with E-state index in [0.717, 1.165) is 51.4 Å². The van der Waals surface area contributed by atoms with Crippen LogP contribution in [0.25, 0.3) is 0 Å². The van der Waals surface area contributed by atoms with E-state index < -0.39 is 59.8 Å². The van der Waals surface area contributed by atoms with Crippen LogP contribution in [0.5, 0.6) is 0 Å². The van der Waals surface area contributed by atoms with Gasteiger partial charge in [-0.15, -0.1) is 0 Å². The molecule has 0 bridgehead atoms. The summed E-state index contributed by atoms with van der Waals surface area (Å²) < 4.78 is 59.3. The first-order valence-corrected chi connectivity index (χ1v) is 28.0. The molecule has 1 saturated heterocycles. The number of ether oxygens (including phenoxy) is 4. The van der Waals surface area contributed by atoms with Gasteiger partial charge in [-0.25, -0.2) is 4.18 Å². The number of esters is 1. The van der Waals surface area contributed by atoms with Crippen LogP contribution in [-0.4, -0.2) is 97.5 Å². The van der Waals surface area contributed by atoms with E-state index in [1.54, 1.807) is 0 Å². The van der Waals surface area contributed by atoms with Gasteiger partial charge in [-0.1, -0.05) is 212 Å². The lowest BCUT2D eigenvalue weighted by Crippen LogP contribution is -2.60.